The first-order valence-corrected chi connectivity index (χ1v) is 10.9. The molecular weight excluding hydrogens is 425 g/mol. The van der Waals surface area contributed by atoms with Crippen molar-refractivity contribution in [3.63, 3.8) is 0 Å². The number of hydrogen-bond acceptors (Lipinski definition) is 6. The molecule has 8 heteroatoms. The Morgan fingerprint density at radius 2 is 2.00 bits per heavy atom. The number of hydrogen-bond donors (Lipinski definition) is 0. The second-order valence-corrected chi connectivity index (χ2v) is 9.16. The molecule has 3 aromatic rings. The van der Waals surface area contributed by atoms with Crippen LogP contribution in [-0.2, 0) is 4.74 Å². The molecule has 4 rings (SSSR count). The van der Waals surface area contributed by atoms with E-state index in [0.717, 1.165) is 22.1 Å². The van der Waals surface area contributed by atoms with E-state index in [9.17, 15) is 9.18 Å². The van der Waals surface area contributed by atoms with Crippen molar-refractivity contribution in [2.24, 2.45) is 0 Å². The van der Waals surface area contributed by atoms with Crippen LogP contribution >= 0.6 is 0 Å². The lowest BCUT2D eigenvalue weighted by atomic mass is 10.0. The highest BCUT2D eigenvalue weighted by Gasteiger charge is 2.31. The zero-order valence-electron chi connectivity index (χ0n) is 19.5. The van der Waals surface area contributed by atoms with Gasteiger partial charge in [-0.2, -0.15) is 0 Å². The standard InChI is InChI=1S/C25H28FN3O4/c1-15-10-16(13-28-23(15)31-5)18-6-8-27-21-12-20(26)22(11-19(18)21)32-17-7-9-29(14-17)24(30)33-25(2,3)4/h6,8,10-13,17H,7,9,14H2,1-5H3. The minimum atomic E-state index is -0.571. The lowest BCUT2D eigenvalue weighted by molar-refractivity contribution is 0.0275. The number of amides is 1. The van der Waals surface area contributed by atoms with Crippen LogP contribution in [0, 0.1) is 12.7 Å². The summed E-state index contributed by atoms with van der Waals surface area (Å²) in [5, 5.41) is 0.752. The van der Waals surface area contributed by atoms with Crippen LogP contribution in [0.3, 0.4) is 0 Å². The molecule has 33 heavy (non-hydrogen) atoms. The van der Waals surface area contributed by atoms with Gasteiger partial charge in [0.25, 0.3) is 0 Å². The molecule has 174 valence electrons. The Hall–Kier alpha value is -3.42. The summed E-state index contributed by atoms with van der Waals surface area (Å²) in [7, 11) is 1.58. The Balaban J connectivity index is 1.60. The van der Waals surface area contributed by atoms with Gasteiger partial charge in [0, 0.05) is 47.9 Å². The second kappa shape index (κ2) is 8.84. The van der Waals surface area contributed by atoms with Crippen molar-refractivity contribution in [2.45, 2.75) is 45.8 Å². The molecule has 1 aliphatic heterocycles. The molecule has 0 N–H and O–H groups in total. The van der Waals surface area contributed by atoms with Gasteiger partial charge >= 0.3 is 6.09 Å². The molecule has 2 aromatic heterocycles. The Kier molecular flexibility index (Phi) is 6.10. The normalized spacial score (nSPS) is 16.2. The fourth-order valence-electron chi connectivity index (χ4n) is 3.91. The number of aromatic nitrogens is 2. The molecule has 1 aliphatic rings. The summed E-state index contributed by atoms with van der Waals surface area (Å²) in [4.78, 5) is 22.6. The Morgan fingerprint density at radius 3 is 2.70 bits per heavy atom. The Morgan fingerprint density at radius 1 is 1.21 bits per heavy atom. The summed E-state index contributed by atoms with van der Waals surface area (Å²) in [5.74, 6) is 0.195. The maximum absolute atomic E-state index is 14.8. The molecule has 3 heterocycles. The molecule has 0 aliphatic carbocycles. The highest BCUT2D eigenvalue weighted by atomic mass is 19.1. The number of halogens is 1. The number of nitrogens with zero attached hydrogens (tertiary/aromatic N) is 3. The average molecular weight is 454 g/mol. The van der Waals surface area contributed by atoms with Gasteiger partial charge in [0.05, 0.1) is 19.2 Å². The van der Waals surface area contributed by atoms with Crippen LogP contribution in [0.5, 0.6) is 11.6 Å². The van der Waals surface area contributed by atoms with Gasteiger partial charge in [-0.25, -0.2) is 14.2 Å². The molecule has 0 saturated carbocycles. The van der Waals surface area contributed by atoms with Crippen LogP contribution in [0.15, 0.2) is 36.7 Å². The van der Waals surface area contributed by atoms with E-state index >= 15 is 0 Å². The van der Waals surface area contributed by atoms with Gasteiger partial charge in [-0.05, 0) is 51.5 Å². The van der Waals surface area contributed by atoms with Crippen LogP contribution in [0.1, 0.15) is 32.8 Å². The maximum atomic E-state index is 14.8. The lowest BCUT2D eigenvalue weighted by Crippen LogP contribution is -2.36. The van der Waals surface area contributed by atoms with Crippen LogP contribution < -0.4 is 9.47 Å². The summed E-state index contributed by atoms with van der Waals surface area (Å²) in [6, 6.07) is 6.88. The highest BCUT2D eigenvalue weighted by molar-refractivity contribution is 5.95. The van der Waals surface area contributed by atoms with Crippen molar-refractivity contribution in [1.82, 2.24) is 14.9 Å². The minimum absolute atomic E-state index is 0.131. The molecule has 0 radical (unpaired) electrons. The number of fused-ring (bicyclic) bond motifs is 1. The van der Waals surface area contributed by atoms with Crippen molar-refractivity contribution in [2.75, 3.05) is 20.2 Å². The van der Waals surface area contributed by atoms with Gasteiger partial charge in [0.1, 0.15) is 11.7 Å². The number of ether oxygens (including phenoxy) is 3. The smallest absolute Gasteiger partial charge is 0.410 e. The van der Waals surface area contributed by atoms with Crippen molar-refractivity contribution < 1.29 is 23.4 Å². The van der Waals surface area contributed by atoms with Gasteiger partial charge in [-0.1, -0.05) is 0 Å². The van der Waals surface area contributed by atoms with Gasteiger partial charge in [-0.3, -0.25) is 4.98 Å². The molecule has 1 amide bonds. The Bertz CT molecular complexity index is 1190. The first-order valence-electron chi connectivity index (χ1n) is 10.9. The number of methoxy groups -OCH3 is 1. The number of pyridine rings is 2. The summed E-state index contributed by atoms with van der Waals surface area (Å²) in [6.07, 6.45) is 3.25. The van der Waals surface area contributed by atoms with E-state index in [0.29, 0.717) is 30.9 Å². The van der Waals surface area contributed by atoms with Gasteiger partial charge in [0.15, 0.2) is 11.6 Å². The number of carbonyl (C=O) groups excluding carboxylic acids is 1. The van der Waals surface area contributed by atoms with Crippen molar-refractivity contribution in [3.8, 4) is 22.8 Å². The van der Waals surface area contributed by atoms with Gasteiger partial charge < -0.3 is 19.1 Å². The van der Waals surface area contributed by atoms with Crippen molar-refractivity contribution in [3.05, 3.63) is 48.0 Å². The number of rotatable bonds is 4. The molecule has 1 saturated heterocycles. The predicted octanol–water partition coefficient (Wildman–Crippen LogP) is 5.14. The zero-order valence-corrected chi connectivity index (χ0v) is 19.5. The van der Waals surface area contributed by atoms with Crippen molar-refractivity contribution >= 4 is 17.0 Å². The maximum Gasteiger partial charge on any atom is 0.410 e. The number of likely N-dealkylation sites (tertiary alicyclic amines) is 1. The molecule has 1 atom stereocenters. The quantitative estimate of drug-likeness (QED) is 0.545. The highest BCUT2D eigenvalue weighted by Crippen LogP contribution is 2.34. The monoisotopic (exact) mass is 453 g/mol. The second-order valence-electron chi connectivity index (χ2n) is 9.16. The van der Waals surface area contributed by atoms with Gasteiger partial charge in [0.2, 0.25) is 5.88 Å². The molecule has 1 fully saturated rings. The summed E-state index contributed by atoms with van der Waals surface area (Å²) in [5.41, 5.74) is 2.58. The lowest BCUT2D eigenvalue weighted by Gasteiger charge is -2.24. The van der Waals surface area contributed by atoms with Crippen LogP contribution in [-0.4, -0.2) is 52.9 Å². The first kappa shape index (κ1) is 22.8. The minimum Gasteiger partial charge on any atom is -0.485 e. The zero-order chi connectivity index (χ0) is 23.8. The van der Waals surface area contributed by atoms with Crippen molar-refractivity contribution in [1.29, 1.82) is 0 Å². The fraction of sp³-hybridized carbons (Fsp3) is 0.400. The largest absolute Gasteiger partial charge is 0.485 e. The van der Waals surface area contributed by atoms with Crippen LogP contribution in [0.4, 0.5) is 9.18 Å². The summed E-state index contributed by atoms with van der Waals surface area (Å²) < 4.78 is 31.5. The van der Waals surface area contributed by atoms with Crippen LogP contribution in [0.2, 0.25) is 0 Å². The van der Waals surface area contributed by atoms with E-state index in [-0.39, 0.29) is 17.9 Å². The number of carbonyl (C=O) groups is 1. The molecule has 1 unspecified atom stereocenters. The van der Waals surface area contributed by atoms with E-state index in [1.54, 1.807) is 30.5 Å². The molecule has 1 aromatic carbocycles. The van der Waals surface area contributed by atoms with Gasteiger partial charge in [-0.15, -0.1) is 0 Å². The summed E-state index contributed by atoms with van der Waals surface area (Å²) in [6.45, 7) is 8.23. The predicted molar refractivity (Wildman–Crippen MR) is 123 cm³/mol. The molecule has 0 bridgehead atoms. The Labute approximate surface area is 192 Å². The van der Waals surface area contributed by atoms with E-state index in [1.165, 1.54) is 6.07 Å². The number of aryl methyl sites for hydroxylation is 1. The van der Waals surface area contributed by atoms with E-state index in [1.807, 2.05) is 39.8 Å². The van der Waals surface area contributed by atoms with Crippen LogP contribution in [0.25, 0.3) is 22.0 Å². The molecular formula is C25H28FN3O4. The molecule has 0 spiro atoms. The van der Waals surface area contributed by atoms with E-state index in [4.69, 9.17) is 14.2 Å². The number of benzene rings is 1. The third-order valence-electron chi connectivity index (χ3n) is 5.42. The fourth-order valence-corrected chi connectivity index (χ4v) is 3.91. The third kappa shape index (κ3) is 4.99. The SMILES string of the molecule is COc1ncc(-c2ccnc3cc(F)c(OC4CCN(C(=O)OC(C)(C)C)C4)cc23)cc1C. The molecule has 7 nitrogen and oxygen atoms in total. The van der Waals surface area contributed by atoms with E-state index < -0.39 is 11.4 Å². The average Bonchev–Trinajstić information content (AvgIpc) is 3.21. The van der Waals surface area contributed by atoms with E-state index in [2.05, 4.69) is 9.97 Å². The summed E-state index contributed by atoms with van der Waals surface area (Å²) >= 11 is 0. The first-order chi connectivity index (χ1) is 15.6. The third-order valence-corrected chi connectivity index (χ3v) is 5.42. The topological polar surface area (TPSA) is 73.8 Å².